The maximum atomic E-state index is 12.4. The number of amides is 3. The second-order valence-corrected chi connectivity index (χ2v) is 8.67. The fraction of sp³-hybridized carbons (Fsp3) is 0.636. The Bertz CT molecular complexity index is 724. The van der Waals surface area contributed by atoms with Crippen molar-refractivity contribution in [2.45, 2.75) is 37.8 Å². The number of ether oxygens (including phenoxy) is 1. The summed E-state index contributed by atoms with van der Waals surface area (Å²) in [6.07, 6.45) is 3.23. The van der Waals surface area contributed by atoms with Crippen molar-refractivity contribution in [1.82, 2.24) is 20.0 Å². The summed E-state index contributed by atoms with van der Waals surface area (Å²) in [4.78, 5) is 30.8. The number of hydrogen-bond donors (Lipinski definition) is 1. The molecule has 3 amide bonds. The summed E-state index contributed by atoms with van der Waals surface area (Å²) in [5.41, 5.74) is 0.839. The Kier molecular flexibility index (Phi) is 8.36. The van der Waals surface area contributed by atoms with E-state index >= 15 is 0 Å². The molecule has 1 unspecified atom stereocenters. The fourth-order valence-corrected chi connectivity index (χ4v) is 4.55. The molecule has 2 fully saturated rings. The van der Waals surface area contributed by atoms with Crippen molar-refractivity contribution in [2.24, 2.45) is 0 Å². The van der Waals surface area contributed by atoms with Gasteiger partial charge in [-0.2, -0.15) is 0 Å². The first-order valence-electron chi connectivity index (χ1n) is 10.8. The Balaban J connectivity index is 1.55. The van der Waals surface area contributed by atoms with Crippen LogP contribution in [-0.4, -0.2) is 92.2 Å². The molecule has 1 aromatic rings. The molecule has 2 aliphatic heterocycles. The standard InChI is InChI=1S/C22H33ClN4O3/c1-25(2)22(29)26-11-7-19(16-26)27(18-8-13-30-14-9-18)12-10-24-21(28)15-17-5-3-4-6-20(17)23/h3-6,18-19H,7-16H2,1-2H3,(H,24,28). The molecule has 0 spiro atoms. The number of nitrogens with zero attached hydrogens (tertiary/aromatic N) is 3. The van der Waals surface area contributed by atoms with Crippen LogP contribution in [0, 0.1) is 0 Å². The lowest BCUT2D eigenvalue weighted by atomic mass is 10.0. The SMILES string of the molecule is CN(C)C(=O)N1CCC(N(CCNC(=O)Cc2ccccc2Cl)C2CCOCC2)C1. The predicted molar refractivity (Wildman–Crippen MR) is 118 cm³/mol. The third kappa shape index (κ3) is 6.09. The number of nitrogens with one attached hydrogen (secondary N) is 1. The van der Waals surface area contributed by atoms with Gasteiger partial charge in [0.15, 0.2) is 0 Å². The number of hydrogen-bond acceptors (Lipinski definition) is 4. The molecule has 0 bridgehead atoms. The van der Waals surface area contributed by atoms with E-state index in [0.29, 0.717) is 23.7 Å². The highest BCUT2D eigenvalue weighted by atomic mass is 35.5. The summed E-state index contributed by atoms with van der Waals surface area (Å²) in [7, 11) is 3.58. The van der Waals surface area contributed by atoms with Gasteiger partial charge in [0.1, 0.15) is 0 Å². The molecule has 8 heteroatoms. The average molecular weight is 437 g/mol. The molecule has 0 aromatic heterocycles. The van der Waals surface area contributed by atoms with Gasteiger partial charge in [-0.3, -0.25) is 9.69 Å². The zero-order chi connectivity index (χ0) is 21.5. The lowest BCUT2D eigenvalue weighted by Gasteiger charge is -2.38. The van der Waals surface area contributed by atoms with Crippen molar-refractivity contribution in [3.8, 4) is 0 Å². The Labute approximate surface area is 184 Å². The third-order valence-corrected chi connectivity index (χ3v) is 6.32. The quantitative estimate of drug-likeness (QED) is 0.711. The molecule has 1 aromatic carbocycles. The molecule has 0 radical (unpaired) electrons. The number of rotatable bonds is 7. The van der Waals surface area contributed by atoms with Gasteiger partial charge in [0.2, 0.25) is 5.91 Å². The third-order valence-electron chi connectivity index (χ3n) is 5.95. The number of likely N-dealkylation sites (tertiary alicyclic amines) is 1. The lowest BCUT2D eigenvalue weighted by molar-refractivity contribution is -0.120. The molecular formula is C22H33ClN4O3. The summed E-state index contributed by atoms with van der Waals surface area (Å²) in [6, 6.07) is 8.25. The highest BCUT2D eigenvalue weighted by molar-refractivity contribution is 6.31. The lowest BCUT2D eigenvalue weighted by Crippen LogP contribution is -2.50. The number of benzene rings is 1. The van der Waals surface area contributed by atoms with Crippen LogP contribution in [-0.2, 0) is 16.0 Å². The van der Waals surface area contributed by atoms with Gasteiger partial charge in [0, 0.05) is 70.6 Å². The van der Waals surface area contributed by atoms with E-state index in [1.165, 1.54) is 0 Å². The van der Waals surface area contributed by atoms with Crippen LogP contribution in [0.1, 0.15) is 24.8 Å². The summed E-state index contributed by atoms with van der Waals surface area (Å²) < 4.78 is 5.54. The molecule has 1 N–H and O–H groups in total. The molecule has 2 heterocycles. The van der Waals surface area contributed by atoms with Crippen molar-refractivity contribution >= 4 is 23.5 Å². The zero-order valence-corrected chi connectivity index (χ0v) is 18.7. The van der Waals surface area contributed by atoms with Crippen molar-refractivity contribution in [3.05, 3.63) is 34.9 Å². The Morgan fingerprint density at radius 2 is 1.90 bits per heavy atom. The Hall–Kier alpha value is -1.83. The largest absolute Gasteiger partial charge is 0.381 e. The first-order valence-corrected chi connectivity index (χ1v) is 11.1. The molecule has 166 valence electrons. The molecule has 2 saturated heterocycles. The van der Waals surface area contributed by atoms with Crippen LogP contribution in [0.2, 0.25) is 5.02 Å². The highest BCUT2D eigenvalue weighted by Gasteiger charge is 2.34. The second-order valence-electron chi connectivity index (χ2n) is 8.27. The summed E-state index contributed by atoms with van der Waals surface area (Å²) >= 11 is 6.17. The van der Waals surface area contributed by atoms with Crippen LogP contribution >= 0.6 is 11.6 Å². The predicted octanol–water partition coefficient (Wildman–Crippen LogP) is 2.24. The molecule has 30 heavy (non-hydrogen) atoms. The smallest absolute Gasteiger partial charge is 0.319 e. The van der Waals surface area contributed by atoms with E-state index in [4.69, 9.17) is 16.3 Å². The monoisotopic (exact) mass is 436 g/mol. The molecule has 3 rings (SSSR count). The minimum atomic E-state index is -0.0224. The molecular weight excluding hydrogens is 404 g/mol. The van der Waals surface area contributed by atoms with Gasteiger partial charge in [-0.25, -0.2) is 4.79 Å². The van der Waals surface area contributed by atoms with E-state index in [-0.39, 0.29) is 18.4 Å². The molecule has 7 nitrogen and oxygen atoms in total. The van der Waals surface area contributed by atoms with Crippen LogP contribution in [0.5, 0.6) is 0 Å². The normalized spacial score (nSPS) is 19.9. The van der Waals surface area contributed by atoms with Crippen LogP contribution in [0.3, 0.4) is 0 Å². The summed E-state index contributed by atoms with van der Waals surface area (Å²) in [5.74, 6) is -0.0224. The van der Waals surface area contributed by atoms with Gasteiger partial charge in [-0.05, 0) is 30.9 Å². The van der Waals surface area contributed by atoms with Gasteiger partial charge < -0.3 is 19.9 Å². The van der Waals surface area contributed by atoms with Crippen molar-refractivity contribution in [1.29, 1.82) is 0 Å². The van der Waals surface area contributed by atoms with E-state index in [0.717, 1.165) is 57.7 Å². The first-order chi connectivity index (χ1) is 14.5. The van der Waals surface area contributed by atoms with Gasteiger partial charge in [-0.15, -0.1) is 0 Å². The van der Waals surface area contributed by atoms with Gasteiger partial charge in [0.25, 0.3) is 0 Å². The van der Waals surface area contributed by atoms with Crippen LogP contribution in [0.15, 0.2) is 24.3 Å². The van der Waals surface area contributed by atoms with Crippen molar-refractivity contribution in [2.75, 3.05) is 53.5 Å². The van der Waals surface area contributed by atoms with E-state index in [1.807, 2.05) is 23.1 Å². The van der Waals surface area contributed by atoms with Crippen LogP contribution in [0.25, 0.3) is 0 Å². The van der Waals surface area contributed by atoms with Crippen LogP contribution < -0.4 is 5.32 Å². The van der Waals surface area contributed by atoms with Crippen molar-refractivity contribution < 1.29 is 14.3 Å². The average Bonchev–Trinajstić information content (AvgIpc) is 3.22. The zero-order valence-electron chi connectivity index (χ0n) is 18.0. The minimum Gasteiger partial charge on any atom is -0.381 e. The van der Waals surface area contributed by atoms with E-state index in [2.05, 4.69) is 10.2 Å². The van der Waals surface area contributed by atoms with E-state index < -0.39 is 0 Å². The number of carbonyl (C=O) groups excluding carboxylic acids is 2. The topological polar surface area (TPSA) is 65.1 Å². The van der Waals surface area contributed by atoms with Gasteiger partial charge >= 0.3 is 6.03 Å². The molecule has 1 atom stereocenters. The number of halogens is 1. The Morgan fingerprint density at radius 1 is 1.17 bits per heavy atom. The van der Waals surface area contributed by atoms with Crippen molar-refractivity contribution in [3.63, 3.8) is 0 Å². The molecule has 0 saturated carbocycles. The Morgan fingerprint density at radius 3 is 2.60 bits per heavy atom. The van der Waals surface area contributed by atoms with Gasteiger partial charge in [-0.1, -0.05) is 29.8 Å². The highest BCUT2D eigenvalue weighted by Crippen LogP contribution is 2.23. The second kappa shape index (κ2) is 11.0. The first kappa shape index (κ1) is 22.8. The number of carbonyl (C=O) groups is 2. The van der Waals surface area contributed by atoms with Gasteiger partial charge in [0.05, 0.1) is 6.42 Å². The fourth-order valence-electron chi connectivity index (χ4n) is 4.35. The van der Waals surface area contributed by atoms with E-state index in [1.54, 1.807) is 25.1 Å². The maximum absolute atomic E-state index is 12.4. The van der Waals surface area contributed by atoms with Crippen LogP contribution in [0.4, 0.5) is 4.79 Å². The minimum absolute atomic E-state index is 0.0224. The molecule has 2 aliphatic rings. The number of urea groups is 1. The van der Waals surface area contributed by atoms with E-state index in [9.17, 15) is 9.59 Å². The summed E-state index contributed by atoms with van der Waals surface area (Å²) in [5, 5.41) is 3.66. The molecule has 0 aliphatic carbocycles. The maximum Gasteiger partial charge on any atom is 0.319 e. The summed E-state index contributed by atoms with van der Waals surface area (Å²) in [6.45, 7) is 4.41.